The minimum absolute atomic E-state index is 0.0564. The highest BCUT2D eigenvalue weighted by Gasteiger charge is 2.29. The number of hydrogen-bond donors (Lipinski definition) is 1. The largest absolute Gasteiger partial charge is 0.349 e. The number of benzene rings is 2. The smallest absolute Gasteiger partial charge is 0.224 e. The van der Waals surface area contributed by atoms with Gasteiger partial charge in [0, 0.05) is 0 Å². The highest BCUT2D eigenvalue weighted by Crippen LogP contribution is 2.37. The second-order valence-corrected chi connectivity index (χ2v) is 6.74. The summed E-state index contributed by atoms with van der Waals surface area (Å²) in [7, 11) is 0. The summed E-state index contributed by atoms with van der Waals surface area (Å²) in [5, 5.41) is 14.4. The minimum atomic E-state index is 0.0564. The predicted molar refractivity (Wildman–Crippen MR) is 97.5 cm³/mol. The van der Waals surface area contributed by atoms with E-state index in [1.807, 2.05) is 42.5 Å². The van der Waals surface area contributed by atoms with Gasteiger partial charge in [-0.2, -0.15) is 0 Å². The van der Waals surface area contributed by atoms with Crippen molar-refractivity contribution in [3.8, 4) is 5.69 Å². The van der Waals surface area contributed by atoms with Crippen LogP contribution < -0.4 is 5.32 Å². The van der Waals surface area contributed by atoms with Gasteiger partial charge in [-0.1, -0.05) is 48.9 Å². The maximum absolute atomic E-state index is 12.6. The summed E-state index contributed by atoms with van der Waals surface area (Å²) in [6.45, 7) is 0. The van der Waals surface area contributed by atoms with Crippen molar-refractivity contribution in [2.75, 3.05) is 0 Å². The lowest BCUT2D eigenvalue weighted by atomic mass is 9.77. The number of hydrogen-bond acceptors (Lipinski definition) is 4. The van der Waals surface area contributed by atoms with Gasteiger partial charge in [-0.25, -0.2) is 4.68 Å². The Hall–Kier alpha value is -3.02. The van der Waals surface area contributed by atoms with Crippen LogP contribution in [0.4, 0.5) is 0 Å². The molecule has 3 aromatic rings. The summed E-state index contributed by atoms with van der Waals surface area (Å²) in [6.07, 6.45) is 5.53. The predicted octanol–water partition coefficient (Wildman–Crippen LogP) is 2.86. The molecule has 1 aromatic heterocycles. The fraction of sp³-hybridized carbons (Fsp3) is 0.300. The normalized spacial score (nSPS) is 15.2. The van der Waals surface area contributed by atoms with Crippen LogP contribution in [0.5, 0.6) is 0 Å². The maximum atomic E-state index is 12.6. The summed E-state index contributed by atoms with van der Waals surface area (Å²) in [5.41, 5.74) is 3.04. The van der Waals surface area contributed by atoms with E-state index in [0.717, 1.165) is 11.3 Å². The zero-order valence-electron chi connectivity index (χ0n) is 14.5. The SMILES string of the molecule is O=C(Cc1ccc(-n2cnnn2)cc1)NC(c1ccccc1)C1CCC1. The van der Waals surface area contributed by atoms with Gasteiger partial charge in [0.1, 0.15) is 6.33 Å². The molecule has 4 rings (SSSR count). The Bertz CT molecular complexity index is 842. The Morgan fingerprint density at radius 1 is 1.12 bits per heavy atom. The zero-order chi connectivity index (χ0) is 17.8. The van der Waals surface area contributed by atoms with E-state index in [9.17, 15) is 4.79 Å². The molecule has 0 saturated heterocycles. The average Bonchev–Trinajstić information content (AvgIpc) is 3.16. The third kappa shape index (κ3) is 3.64. The van der Waals surface area contributed by atoms with E-state index in [1.54, 1.807) is 11.0 Å². The number of nitrogens with zero attached hydrogens (tertiary/aromatic N) is 4. The minimum Gasteiger partial charge on any atom is -0.349 e. The number of tetrazole rings is 1. The summed E-state index contributed by atoms with van der Waals surface area (Å²) < 4.78 is 1.59. The van der Waals surface area contributed by atoms with Crippen molar-refractivity contribution in [1.82, 2.24) is 25.5 Å². The molecule has 132 valence electrons. The van der Waals surface area contributed by atoms with Gasteiger partial charge in [-0.05, 0) is 52.4 Å². The van der Waals surface area contributed by atoms with Crippen LogP contribution in [0.2, 0.25) is 0 Å². The van der Waals surface area contributed by atoms with Crippen molar-refractivity contribution < 1.29 is 4.79 Å². The summed E-state index contributed by atoms with van der Waals surface area (Å²) in [4.78, 5) is 12.6. The summed E-state index contributed by atoms with van der Waals surface area (Å²) in [5.74, 6) is 0.601. The number of rotatable bonds is 6. The van der Waals surface area contributed by atoms with Crippen molar-refractivity contribution in [2.45, 2.75) is 31.7 Å². The van der Waals surface area contributed by atoms with Crippen LogP contribution in [-0.4, -0.2) is 26.1 Å². The Morgan fingerprint density at radius 3 is 2.50 bits per heavy atom. The molecule has 6 heteroatoms. The lowest BCUT2D eigenvalue weighted by Crippen LogP contribution is -2.37. The van der Waals surface area contributed by atoms with Crippen molar-refractivity contribution >= 4 is 5.91 Å². The van der Waals surface area contributed by atoms with E-state index in [1.165, 1.54) is 24.8 Å². The molecular weight excluding hydrogens is 326 g/mol. The van der Waals surface area contributed by atoms with Gasteiger partial charge < -0.3 is 5.32 Å². The van der Waals surface area contributed by atoms with Gasteiger partial charge in [0.2, 0.25) is 5.91 Å². The van der Waals surface area contributed by atoms with E-state index in [0.29, 0.717) is 12.3 Å². The van der Waals surface area contributed by atoms with Gasteiger partial charge >= 0.3 is 0 Å². The molecule has 1 atom stereocenters. The first kappa shape index (κ1) is 16.4. The van der Waals surface area contributed by atoms with Crippen LogP contribution in [0.3, 0.4) is 0 Å². The molecule has 1 aliphatic rings. The van der Waals surface area contributed by atoms with Crippen molar-refractivity contribution in [2.24, 2.45) is 5.92 Å². The molecule has 1 amide bonds. The maximum Gasteiger partial charge on any atom is 0.224 e. The molecule has 0 aliphatic heterocycles. The van der Waals surface area contributed by atoms with Crippen LogP contribution in [0.1, 0.15) is 36.4 Å². The second kappa shape index (κ2) is 7.47. The molecule has 0 spiro atoms. The summed E-state index contributed by atoms with van der Waals surface area (Å²) in [6, 6.07) is 18.1. The van der Waals surface area contributed by atoms with Crippen molar-refractivity contribution in [1.29, 1.82) is 0 Å². The van der Waals surface area contributed by atoms with Crippen molar-refractivity contribution in [3.63, 3.8) is 0 Å². The topological polar surface area (TPSA) is 72.7 Å². The highest BCUT2D eigenvalue weighted by molar-refractivity contribution is 5.79. The molecule has 1 N–H and O–H groups in total. The number of aromatic nitrogens is 4. The molecule has 0 bridgehead atoms. The Balaban J connectivity index is 1.42. The standard InChI is InChI=1S/C20H21N5O/c26-19(13-15-9-11-18(12-10-15)25-14-21-23-24-25)22-20(17-7-4-8-17)16-5-2-1-3-6-16/h1-3,5-6,9-12,14,17,20H,4,7-8,13H2,(H,22,26). The highest BCUT2D eigenvalue weighted by atomic mass is 16.1. The van der Waals surface area contributed by atoms with Crippen LogP contribution in [0, 0.1) is 5.92 Å². The van der Waals surface area contributed by atoms with Crippen LogP contribution >= 0.6 is 0 Å². The molecule has 1 unspecified atom stereocenters. The van der Waals surface area contributed by atoms with E-state index in [2.05, 4.69) is 33.0 Å². The molecule has 0 radical (unpaired) electrons. The first-order chi connectivity index (χ1) is 12.8. The number of amides is 1. The van der Waals surface area contributed by atoms with Crippen LogP contribution in [0.15, 0.2) is 60.9 Å². The average molecular weight is 347 g/mol. The lowest BCUT2D eigenvalue weighted by molar-refractivity contribution is -0.121. The molecular formula is C20H21N5O. The number of carbonyl (C=O) groups is 1. The van der Waals surface area contributed by atoms with Gasteiger partial charge in [-0.15, -0.1) is 5.10 Å². The van der Waals surface area contributed by atoms with Crippen LogP contribution in [0.25, 0.3) is 5.69 Å². The monoisotopic (exact) mass is 347 g/mol. The van der Waals surface area contributed by atoms with Gasteiger partial charge in [-0.3, -0.25) is 4.79 Å². The molecule has 1 aliphatic carbocycles. The Morgan fingerprint density at radius 2 is 1.88 bits per heavy atom. The van der Waals surface area contributed by atoms with Gasteiger partial charge in [0.25, 0.3) is 0 Å². The molecule has 1 saturated carbocycles. The Labute approximate surface area is 152 Å². The fourth-order valence-electron chi connectivity index (χ4n) is 3.36. The fourth-order valence-corrected chi connectivity index (χ4v) is 3.36. The van der Waals surface area contributed by atoms with Gasteiger partial charge in [0.05, 0.1) is 18.2 Å². The van der Waals surface area contributed by atoms with E-state index < -0.39 is 0 Å². The lowest BCUT2D eigenvalue weighted by Gasteiger charge is -2.34. The molecule has 26 heavy (non-hydrogen) atoms. The molecule has 1 heterocycles. The van der Waals surface area contributed by atoms with E-state index >= 15 is 0 Å². The van der Waals surface area contributed by atoms with E-state index in [4.69, 9.17) is 0 Å². The van der Waals surface area contributed by atoms with Crippen LogP contribution in [-0.2, 0) is 11.2 Å². The third-order valence-corrected chi connectivity index (χ3v) is 5.01. The van der Waals surface area contributed by atoms with E-state index in [-0.39, 0.29) is 11.9 Å². The third-order valence-electron chi connectivity index (χ3n) is 5.01. The number of carbonyl (C=O) groups excluding carboxylic acids is 1. The molecule has 6 nitrogen and oxygen atoms in total. The summed E-state index contributed by atoms with van der Waals surface area (Å²) >= 11 is 0. The molecule has 1 fully saturated rings. The zero-order valence-corrected chi connectivity index (χ0v) is 14.5. The van der Waals surface area contributed by atoms with Gasteiger partial charge in [0.15, 0.2) is 0 Å². The first-order valence-corrected chi connectivity index (χ1v) is 8.96. The number of nitrogens with one attached hydrogen (secondary N) is 1. The first-order valence-electron chi connectivity index (χ1n) is 8.96. The van der Waals surface area contributed by atoms with Crippen molar-refractivity contribution in [3.05, 3.63) is 72.1 Å². The molecule has 2 aromatic carbocycles. The quantitative estimate of drug-likeness (QED) is 0.744. The second-order valence-electron chi connectivity index (χ2n) is 6.74. The Kier molecular flexibility index (Phi) is 4.73.